The lowest BCUT2D eigenvalue weighted by Gasteiger charge is -2.18. The molecule has 34 heavy (non-hydrogen) atoms. The number of methoxy groups -OCH3 is 6. The predicted molar refractivity (Wildman–Crippen MR) is 144 cm³/mol. The molecule has 6 radical (unpaired) electrons. The number of ether oxygens (including phenoxy) is 6. The van der Waals surface area contributed by atoms with Crippen LogP contribution in [0.15, 0.2) is 0 Å². The van der Waals surface area contributed by atoms with E-state index in [0.717, 1.165) is 34.5 Å². The standard InChI is InChI=1S/C25H52O6Si3/c1-26-23(27-2)32-19-13-7-10-16-22(17-11-8-14-20-33-24(28-3)29-4)18-12-9-15-21-34-25(30-5)31-6/h22-25H,7-21H2,1-6H3. The molecule has 0 aliphatic heterocycles. The summed E-state index contributed by atoms with van der Waals surface area (Å²) in [7, 11) is 12.6. The van der Waals surface area contributed by atoms with E-state index >= 15 is 0 Å². The van der Waals surface area contributed by atoms with Crippen LogP contribution in [0.25, 0.3) is 0 Å². The number of hydrogen-bond donors (Lipinski definition) is 0. The number of rotatable bonds is 27. The van der Waals surface area contributed by atoms with Crippen molar-refractivity contribution in [1.82, 2.24) is 0 Å². The first-order valence-corrected chi connectivity index (χ1v) is 16.9. The van der Waals surface area contributed by atoms with Crippen molar-refractivity contribution < 1.29 is 28.4 Å². The van der Waals surface area contributed by atoms with Crippen LogP contribution in [-0.2, 0) is 28.4 Å². The molecule has 0 aromatic carbocycles. The van der Waals surface area contributed by atoms with E-state index in [1.165, 1.54) is 95.2 Å². The molecule has 0 fully saturated rings. The van der Waals surface area contributed by atoms with Gasteiger partial charge >= 0.3 is 0 Å². The van der Waals surface area contributed by atoms with Crippen molar-refractivity contribution in [2.75, 3.05) is 42.7 Å². The third-order valence-electron chi connectivity index (χ3n) is 6.08. The Bertz CT molecular complexity index is 340. The summed E-state index contributed by atoms with van der Waals surface area (Å²) in [6, 6.07) is 3.64. The normalized spacial score (nSPS) is 12.2. The van der Waals surface area contributed by atoms with Gasteiger partial charge in [0.05, 0.1) is 0 Å². The Morgan fingerprint density at radius 3 is 0.882 bits per heavy atom. The van der Waals surface area contributed by atoms with Crippen LogP contribution in [-0.4, -0.2) is 89.0 Å². The van der Waals surface area contributed by atoms with Crippen molar-refractivity contribution in [1.29, 1.82) is 0 Å². The maximum atomic E-state index is 5.30. The van der Waals surface area contributed by atoms with Gasteiger partial charge in [0.25, 0.3) is 0 Å². The minimum atomic E-state index is -0.0138. The molecule has 0 aliphatic rings. The Labute approximate surface area is 218 Å². The van der Waals surface area contributed by atoms with Crippen LogP contribution in [0.3, 0.4) is 0 Å². The minimum Gasteiger partial charge on any atom is -0.360 e. The molecular weight excluding hydrogens is 481 g/mol. The molecule has 0 saturated carbocycles. The summed E-state index contributed by atoms with van der Waals surface area (Å²) in [6.07, 6.45) is 16.1. The largest absolute Gasteiger partial charge is 0.360 e. The second kappa shape index (κ2) is 26.5. The summed E-state index contributed by atoms with van der Waals surface area (Å²) in [5, 5.41) is 0. The summed E-state index contributed by atoms with van der Waals surface area (Å²) in [6.45, 7) is 0. The maximum absolute atomic E-state index is 5.30. The van der Waals surface area contributed by atoms with Crippen molar-refractivity contribution in [3.05, 3.63) is 0 Å². The van der Waals surface area contributed by atoms with E-state index in [2.05, 4.69) is 0 Å². The van der Waals surface area contributed by atoms with Gasteiger partial charge in [-0.05, 0) is 5.92 Å². The molecule has 0 aliphatic carbocycles. The lowest BCUT2D eigenvalue weighted by molar-refractivity contribution is -0.0442. The first-order chi connectivity index (χ1) is 16.6. The lowest BCUT2D eigenvalue weighted by Crippen LogP contribution is -2.20. The predicted octanol–water partition coefficient (Wildman–Crippen LogP) is 5.38. The molecule has 0 rings (SSSR count). The minimum absolute atomic E-state index is 0.0138. The Morgan fingerprint density at radius 1 is 0.382 bits per heavy atom. The van der Waals surface area contributed by atoms with Gasteiger partial charge in [0.15, 0.2) is 0 Å². The second-order valence-corrected chi connectivity index (χ2v) is 12.8. The molecule has 0 aromatic rings. The zero-order valence-corrected chi connectivity index (χ0v) is 25.9. The molecular formula is C25H52O6Si3. The highest BCUT2D eigenvalue weighted by Crippen LogP contribution is 2.24. The highest BCUT2D eigenvalue weighted by atomic mass is 28.2. The molecule has 9 heteroatoms. The Balaban J connectivity index is 4.10. The fourth-order valence-corrected chi connectivity index (χ4v) is 7.16. The van der Waals surface area contributed by atoms with Gasteiger partial charge in [-0.2, -0.15) is 0 Å². The van der Waals surface area contributed by atoms with Gasteiger partial charge in [-0.15, -0.1) is 0 Å². The lowest BCUT2D eigenvalue weighted by atomic mass is 9.90. The molecule has 200 valence electrons. The number of unbranched alkanes of at least 4 members (excludes halogenated alkanes) is 6. The van der Waals surface area contributed by atoms with Crippen molar-refractivity contribution in [2.45, 2.75) is 113 Å². The maximum Gasteiger partial charge on any atom is 0.136 e. The van der Waals surface area contributed by atoms with Gasteiger partial charge in [0, 0.05) is 42.7 Å². The molecule has 0 amide bonds. The summed E-state index contributed by atoms with van der Waals surface area (Å²) >= 11 is 0. The Kier molecular flexibility index (Phi) is 26.8. The molecule has 0 heterocycles. The highest BCUT2D eigenvalue weighted by molar-refractivity contribution is 6.37. The summed E-state index contributed by atoms with van der Waals surface area (Å²) in [5.41, 5.74) is 0. The van der Waals surface area contributed by atoms with Gasteiger partial charge < -0.3 is 28.4 Å². The van der Waals surface area contributed by atoms with Crippen molar-refractivity contribution >= 4 is 28.6 Å². The van der Waals surface area contributed by atoms with Crippen LogP contribution < -0.4 is 0 Å². The third kappa shape index (κ3) is 20.6. The highest BCUT2D eigenvalue weighted by Gasteiger charge is 2.11. The van der Waals surface area contributed by atoms with Crippen molar-refractivity contribution in [3.63, 3.8) is 0 Å². The monoisotopic (exact) mass is 532 g/mol. The van der Waals surface area contributed by atoms with Crippen molar-refractivity contribution in [3.8, 4) is 0 Å². The van der Waals surface area contributed by atoms with Crippen LogP contribution in [0.1, 0.15) is 77.0 Å². The molecule has 0 unspecified atom stereocenters. The van der Waals surface area contributed by atoms with E-state index in [-0.39, 0.29) is 17.7 Å². The average Bonchev–Trinajstić information content (AvgIpc) is 2.87. The van der Waals surface area contributed by atoms with E-state index in [1.807, 2.05) is 0 Å². The first-order valence-electron chi connectivity index (χ1n) is 13.0. The van der Waals surface area contributed by atoms with E-state index in [9.17, 15) is 0 Å². The van der Waals surface area contributed by atoms with E-state index in [1.54, 1.807) is 42.7 Å². The topological polar surface area (TPSA) is 55.4 Å². The fourth-order valence-electron chi connectivity index (χ4n) is 4.09. The molecule has 6 nitrogen and oxygen atoms in total. The second-order valence-electron chi connectivity index (χ2n) is 8.69. The van der Waals surface area contributed by atoms with Crippen LogP contribution in [0.5, 0.6) is 0 Å². The SMILES string of the molecule is COC(OC)[Si]CCCCCC(CCCCC[Si]C(OC)OC)CCCCC[Si]C(OC)OC. The van der Waals surface area contributed by atoms with Gasteiger partial charge in [0.1, 0.15) is 46.3 Å². The molecule has 0 saturated heterocycles. The van der Waals surface area contributed by atoms with Crippen molar-refractivity contribution in [2.24, 2.45) is 5.92 Å². The van der Waals surface area contributed by atoms with E-state index < -0.39 is 0 Å². The van der Waals surface area contributed by atoms with Gasteiger partial charge in [-0.25, -0.2) is 0 Å². The third-order valence-corrected chi connectivity index (χ3v) is 10.4. The molecule has 0 bridgehead atoms. The van der Waals surface area contributed by atoms with Crippen LogP contribution in [0, 0.1) is 5.92 Å². The summed E-state index contributed by atoms with van der Waals surface area (Å²) in [5.74, 6) is 0.842. The van der Waals surface area contributed by atoms with E-state index in [4.69, 9.17) is 28.4 Å². The zero-order valence-electron chi connectivity index (χ0n) is 22.9. The molecule has 0 aromatic heterocycles. The van der Waals surface area contributed by atoms with Crippen LogP contribution >= 0.6 is 0 Å². The van der Waals surface area contributed by atoms with Gasteiger partial charge in [-0.3, -0.25) is 0 Å². The molecule has 0 atom stereocenters. The first kappa shape index (κ1) is 34.4. The Morgan fingerprint density at radius 2 is 0.647 bits per heavy atom. The van der Waals surface area contributed by atoms with Crippen LogP contribution in [0.4, 0.5) is 0 Å². The smallest absolute Gasteiger partial charge is 0.136 e. The summed E-state index contributed by atoms with van der Waals surface area (Å²) < 4.78 is 31.8. The van der Waals surface area contributed by atoms with Gasteiger partial charge in [0.2, 0.25) is 0 Å². The number of hydrogen-bond acceptors (Lipinski definition) is 6. The van der Waals surface area contributed by atoms with E-state index in [0.29, 0.717) is 0 Å². The molecule has 0 N–H and O–H groups in total. The van der Waals surface area contributed by atoms with Gasteiger partial charge in [-0.1, -0.05) is 95.2 Å². The molecule has 0 spiro atoms. The zero-order chi connectivity index (χ0) is 25.3. The van der Waals surface area contributed by atoms with Crippen LogP contribution in [0.2, 0.25) is 18.1 Å². The summed E-state index contributed by atoms with van der Waals surface area (Å²) in [4.78, 5) is 0. The Hall–Kier alpha value is 0.411. The fraction of sp³-hybridized carbons (Fsp3) is 1.00. The average molecular weight is 533 g/mol. The quantitative estimate of drug-likeness (QED) is 0.0804.